The minimum Gasteiger partial charge on any atom is -0.354 e. The van der Waals surface area contributed by atoms with Crippen molar-refractivity contribution in [2.75, 3.05) is 0 Å². The molecule has 0 fully saturated rings. The van der Waals surface area contributed by atoms with E-state index in [1.165, 1.54) is 54.7 Å². The number of fused-ring (bicyclic) bond motifs is 7. The molecule has 0 amide bonds. The van der Waals surface area contributed by atoms with Crippen molar-refractivity contribution in [2.45, 2.75) is 13.8 Å². The van der Waals surface area contributed by atoms with Crippen LogP contribution in [0.5, 0.6) is 0 Å². The van der Waals surface area contributed by atoms with Gasteiger partial charge < -0.3 is 9.97 Å². The molecule has 0 saturated carbocycles. The Hall–Kier alpha value is -2.74. The summed E-state index contributed by atoms with van der Waals surface area (Å²) in [6.45, 7) is 4.44. The molecule has 2 aromatic heterocycles. The van der Waals surface area contributed by atoms with Crippen LogP contribution in [0.3, 0.4) is 0 Å². The van der Waals surface area contributed by atoms with Gasteiger partial charge in [-0.1, -0.05) is 36.4 Å². The zero-order chi connectivity index (χ0) is 14.8. The Labute approximate surface area is 127 Å². The summed E-state index contributed by atoms with van der Waals surface area (Å²) in [4.78, 5) is 7.25. The van der Waals surface area contributed by atoms with Gasteiger partial charge in [-0.3, -0.25) is 0 Å². The molecule has 3 aromatic carbocycles. The van der Waals surface area contributed by atoms with Gasteiger partial charge in [0.1, 0.15) is 0 Å². The maximum absolute atomic E-state index is 3.65. The molecule has 2 heteroatoms. The SMILES string of the molecule is Cc1c(C)c2c3ccccc3[nH]c2c2c1[nH]c1ccccc12. The number of benzene rings is 3. The van der Waals surface area contributed by atoms with Crippen LogP contribution in [0.15, 0.2) is 48.5 Å². The normalized spacial score (nSPS) is 12.1. The minimum atomic E-state index is 1.20. The number of para-hydroxylation sites is 2. The Morgan fingerprint density at radius 1 is 0.591 bits per heavy atom. The standard InChI is InChI=1S/C20H16N2/c1-11-12(2)19-18(14-8-4-6-10-16(14)21-19)20-17(11)13-7-3-5-9-15(13)22-20/h3-10,21-22H,1-2H3. The van der Waals surface area contributed by atoms with E-state index in [-0.39, 0.29) is 0 Å². The van der Waals surface area contributed by atoms with Crippen LogP contribution >= 0.6 is 0 Å². The van der Waals surface area contributed by atoms with Crippen LogP contribution in [0, 0.1) is 13.8 Å². The van der Waals surface area contributed by atoms with E-state index < -0.39 is 0 Å². The van der Waals surface area contributed by atoms with Crippen molar-refractivity contribution in [3.8, 4) is 0 Å². The topological polar surface area (TPSA) is 31.6 Å². The van der Waals surface area contributed by atoms with Crippen molar-refractivity contribution in [3.05, 3.63) is 59.7 Å². The lowest BCUT2D eigenvalue weighted by atomic mass is 9.98. The smallest absolute Gasteiger partial charge is 0.0569 e. The van der Waals surface area contributed by atoms with E-state index in [1.807, 2.05) is 0 Å². The monoisotopic (exact) mass is 284 g/mol. The minimum absolute atomic E-state index is 1.20. The molecule has 5 rings (SSSR count). The quantitative estimate of drug-likeness (QED) is 0.372. The first-order chi connectivity index (χ1) is 10.8. The number of H-pyrrole nitrogens is 2. The third-order valence-electron chi connectivity index (χ3n) is 4.97. The summed E-state index contributed by atoms with van der Waals surface area (Å²) in [5.41, 5.74) is 7.59. The Morgan fingerprint density at radius 3 is 1.82 bits per heavy atom. The van der Waals surface area contributed by atoms with E-state index >= 15 is 0 Å². The predicted octanol–water partition coefficient (Wildman–Crippen LogP) is 5.57. The average Bonchev–Trinajstić information content (AvgIpc) is 3.11. The van der Waals surface area contributed by atoms with Crippen molar-refractivity contribution >= 4 is 43.6 Å². The summed E-state index contributed by atoms with van der Waals surface area (Å²) in [6.07, 6.45) is 0. The summed E-state index contributed by atoms with van der Waals surface area (Å²) in [6, 6.07) is 17.1. The average molecular weight is 284 g/mol. The number of aromatic amines is 2. The van der Waals surface area contributed by atoms with Crippen molar-refractivity contribution in [2.24, 2.45) is 0 Å². The van der Waals surface area contributed by atoms with Gasteiger partial charge in [0, 0.05) is 32.6 Å². The van der Waals surface area contributed by atoms with Crippen molar-refractivity contribution in [1.82, 2.24) is 9.97 Å². The van der Waals surface area contributed by atoms with E-state index in [9.17, 15) is 0 Å². The Morgan fingerprint density at radius 2 is 1.14 bits per heavy atom. The maximum Gasteiger partial charge on any atom is 0.0569 e. The lowest BCUT2D eigenvalue weighted by Gasteiger charge is -2.06. The van der Waals surface area contributed by atoms with Gasteiger partial charge >= 0.3 is 0 Å². The molecule has 2 heterocycles. The fraction of sp³-hybridized carbons (Fsp3) is 0.100. The molecule has 0 spiro atoms. The number of aromatic nitrogens is 2. The Bertz CT molecular complexity index is 1190. The lowest BCUT2D eigenvalue weighted by Crippen LogP contribution is -1.85. The second-order valence-corrected chi connectivity index (χ2v) is 6.09. The van der Waals surface area contributed by atoms with Gasteiger partial charge in [0.15, 0.2) is 0 Å². The number of hydrogen-bond acceptors (Lipinski definition) is 0. The van der Waals surface area contributed by atoms with Crippen molar-refractivity contribution < 1.29 is 0 Å². The number of hydrogen-bond donors (Lipinski definition) is 2. The Balaban J connectivity index is 2.20. The highest BCUT2D eigenvalue weighted by Crippen LogP contribution is 2.39. The van der Waals surface area contributed by atoms with Crippen molar-refractivity contribution in [3.63, 3.8) is 0 Å². The molecule has 22 heavy (non-hydrogen) atoms. The second kappa shape index (κ2) is 3.92. The fourth-order valence-corrected chi connectivity index (χ4v) is 3.78. The van der Waals surface area contributed by atoms with Gasteiger partial charge in [-0.25, -0.2) is 0 Å². The van der Waals surface area contributed by atoms with Crippen LogP contribution in [0.2, 0.25) is 0 Å². The third-order valence-corrected chi connectivity index (χ3v) is 4.97. The van der Waals surface area contributed by atoms with Crippen molar-refractivity contribution in [1.29, 1.82) is 0 Å². The van der Waals surface area contributed by atoms with Crippen LogP contribution < -0.4 is 0 Å². The molecule has 2 nitrogen and oxygen atoms in total. The number of aryl methyl sites for hydroxylation is 2. The summed E-state index contributed by atoms with van der Waals surface area (Å²) in [5.74, 6) is 0. The van der Waals surface area contributed by atoms with E-state index in [1.54, 1.807) is 0 Å². The molecule has 0 aliphatic heterocycles. The van der Waals surface area contributed by atoms with Gasteiger partial charge in [-0.05, 0) is 37.1 Å². The van der Waals surface area contributed by atoms with E-state index in [2.05, 4.69) is 72.3 Å². The molecule has 0 atom stereocenters. The van der Waals surface area contributed by atoms with Crippen LogP contribution in [0.4, 0.5) is 0 Å². The van der Waals surface area contributed by atoms with Gasteiger partial charge in [-0.2, -0.15) is 0 Å². The highest BCUT2D eigenvalue weighted by molar-refractivity contribution is 6.26. The van der Waals surface area contributed by atoms with E-state index in [0.717, 1.165) is 0 Å². The van der Waals surface area contributed by atoms with Gasteiger partial charge in [0.2, 0.25) is 0 Å². The van der Waals surface area contributed by atoms with Gasteiger partial charge in [0.25, 0.3) is 0 Å². The van der Waals surface area contributed by atoms with Gasteiger partial charge in [-0.15, -0.1) is 0 Å². The summed E-state index contributed by atoms with van der Waals surface area (Å²) < 4.78 is 0. The second-order valence-electron chi connectivity index (χ2n) is 6.09. The molecular formula is C20H16N2. The third kappa shape index (κ3) is 1.30. The zero-order valence-corrected chi connectivity index (χ0v) is 12.6. The summed E-state index contributed by atoms with van der Waals surface area (Å²) >= 11 is 0. The first-order valence-corrected chi connectivity index (χ1v) is 7.65. The predicted molar refractivity (Wildman–Crippen MR) is 94.6 cm³/mol. The lowest BCUT2D eigenvalue weighted by molar-refractivity contribution is 1.38. The molecule has 106 valence electrons. The fourth-order valence-electron chi connectivity index (χ4n) is 3.78. The molecule has 0 radical (unpaired) electrons. The van der Waals surface area contributed by atoms with Gasteiger partial charge in [0.05, 0.1) is 11.0 Å². The molecule has 0 aliphatic rings. The van der Waals surface area contributed by atoms with E-state index in [0.29, 0.717) is 0 Å². The Kier molecular flexibility index (Phi) is 2.11. The van der Waals surface area contributed by atoms with Crippen LogP contribution in [0.1, 0.15) is 11.1 Å². The summed E-state index contributed by atoms with van der Waals surface area (Å²) in [7, 11) is 0. The highest BCUT2D eigenvalue weighted by atomic mass is 14.7. The zero-order valence-electron chi connectivity index (χ0n) is 12.6. The molecule has 0 aliphatic carbocycles. The highest BCUT2D eigenvalue weighted by Gasteiger charge is 2.16. The molecule has 0 saturated heterocycles. The van der Waals surface area contributed by atoms with E-state index in [4.69, 9.17) is 0 Å². The molecule has 0 unspecified atom stereocenters. The largest absolute Gasteiger partial charge is 0.354 e. The molecular weight excluding hydrogens is 268 g/mol. The number of nitrogens with one attached hydrogen (secondary N) is 2. The first kappa shape index (κ1) is 11.9. The molecule has 5 aromatic rings. The molecule has 0 bridgehead atoms. The maximum atomic E-state index is 3.65. The van der Waals surface area contributed by atoms with Crippen LogP contribution in [-0.2, 0) is 0 Å². The van der Waals surface area contributed by atoms with Crippen LogP contribution in [-0.4, -0.2) is 9.97 Å². The number of rotatable bonds is 0. The first-order valence-electron chi connectivity index (χ1n) is 7.65. The summed E-state index contributed by atoms with van der Waals surface area (Å²) in [5, 5.41) is 5.26. The molecule has 2 N–H and O–H groups in total. The van der Waals surface area contributed by atoms with Crippen LogP contribution in [0.25, 0.3) is 43.6 Å².